The molecule has 2 N–H and O–H groups in total. The molecule has 5 heteroatoms. The molecule has 0 atom stereocenters. The smallest absolute Gasteiger partial charge is 0.162 e. The highest BCUT2D eigenvalue weighted by Crippen LogP contribution is 2.29. The fraction of sp³-hybridized carbons (Fsp3) is 0.0909. The number of aromatic nitrogens is 2. The quantitative estimate of drug-likeness (QED) is 0.918. The molecule has 1 aromatic carbocycles. The van der Waals surface area contributed by atoms with Gasteiger partial charge in [0.15, 0.2) is 5.82 Å². The van der Waals surface area contributed by atoms with Gasteiger partial charge in [0.1, 0.15) is 11.6 Å². The van der Waals surface area contributed by atoms with Crippen molar-refractivity contribution in [1.29, 1.82) is 0 Å². The summed E-state index contributed by atoms with van der Waals surface area (Å²) in [6, 6.07) is 7.26. The number of hydrogen-bond donors (Lipinski definition) is 1. The van der Waals surface area contributed by atoms with E-state index in [0.29, 0.717) is 11.6 Å². The molecule has 0 aliphatic rings. The van der Waals surface area contributed by atoms with E-state index in [0.717, 1.165) is 15.8 Å². The van der Waals surface area contributed by atoms with Crippen molar-refractivity contribution in [3.8, 4) is 17.1 Å². The summed E-state index contributed by atoms with van der Waals surface area (Å²) in [4.78, 5) is 8.33. The maximum atomic E-state index is 5.62. The summed E-state index contributed by atoms with van der Waals surface area (Å²) in [5.41, 5.74) is 6.47. The molecule has 0 aliphatic heterocycles. The molecule has 0 aliphatic carbocycles. The molecule has 2 aromatic rings. The Labute approximate surface area is 102 Å². The van der Waals surface area contributed by atoms with Gasteiger partial charge in [-0.25, -0.2) is 9.97 Å². The second-order valence-electron chi connectivity index (χ2n) is 3.15. The number of hydrogen-bond acceptors (Lipinski definition) is 4. The molecule has 1 aromatic heterocycles. The van der Waals surface area contributed by atoms with Crippen LogP contribution in [0.3, 0.4) is 0 Å². The number of nitrogens with zero attached hydrogens (tertiary/aromatic N) is 2. The Hall–Kier alpha value is -1.62. The van der Waals surface area contributed by atoms with E-state index in [9.17, 15) is 0 Å². The lowest BCUT2D eigenvalue weighted by atomic mass is 10.2. The number of anilines is 1. The van der Waals surface area contributed by atoms with E-state index in [-0.39, 0.29) is 0 Å². The van der Waals surface area contributed by atoms with Gasteiger partial charge in [-0.15, -0.1) is 0 Å². The number of nitrogens with two attached hydrogens (primary N) is 1. The third kappa shape index (κ3) is 2.14. The van der Waals surface area contributed by atoms with Crippen molar-refractivity contribution in [2.24, 2.45) is 0 Å². The van der Waals surface area contributed by atoms with E-state index in [4.69, 9.17) is 10.5 Å². The minimum atomic E-state index is 0.444. The lowest BCUT2D eigenvalue weighted by molar-refractivity contribution is 0.415. The zero-order chi connectivity index (χ0) is 11.5. The third-order valence-electron chi connectivity index (χ3n) is 2.09. The maximum absolute atomic E-state index is 5.62. The Bertz CT molecular complexity index is 516. The molecule has 0 amide bonds. The molecule has 0 saturated heterocycles. The Kier molecular flexibility index (Phi) is 3.05. The number of benzene rings is 1. The van der Waals surface area contributed by atoms with Gasteiger partial charge in [-0.1, -0.05) is 15.9 Å². The Balaban J connectivity index is 2.54. The highest BCUT2D eigenvalue weighted by Gasteiger charge is 2.07. The Morgan fingerprint density at radius 3 is 2.81 bits per heavy atom. The van der Waals surface area contributed by atoms with Crippen molar-refractivity contribution in [3.05, 3.63) is 34.9 Å². The topological polar surface area (TPSA) is 61.0 Å². The van der Waals surface area contributed by atoms with E-state index < -0.39 is 0 Å². The second kappa shape index (κ2) is 4.49. The van der Waals surface area contributed by atoms with Gasteiger partial charge in [0.05, 0.1) is 7.11 Å². The first-order chi connectivity index (χ1) is 7.70. The molecule has 0 fully saturated rings. The predicted octanol–water partition coefficient (Wildman–Crippen LogP) is 2.50. The van der Waals surface area contributed by atoms with Crippen LogP contribution in [-0.2, 0) is 0 Å². The van der Waals surface area contributed by atoms with E-state index in [1.54, 1.807) is 19.4 Å². The van der Waals surface area contributed by atoms with Crippen LogP contribution in [0.15, 0.2) is 34.9 Å². The van der Waals surface area contributed by atoms with Crippen LogP contribution < -0.4 is 10.5 Å². The zero-order valence-electron chi connectivity index (χ0n) is 8.64. The SMILES string of the molecule is COc1ccc(Br)c(-c2nccc(N)n2)c1. The molecule has 4 nitrogen and oxygen atoms in total. The molecule has 2 rings (SSSR count). The van der Waals surface area contributed by atoms with Crippen molar-refractivity contribution >= 4 is 21.7 Å². The molecular weight excluding hydrogens is 270 g/mol. The molecule has 0 unspecified atom stereocenters. The highest BCUT2D eigenvalue weighted by molar-refractivity contribution is 9.10. The summed E-state index contributed by atoms with van der Waals surface area (Å²) in [6.45, 7) is 0. The molecule has 16 heavy (non-hydrogen) atoms. The van der Waals surface area contributed by atoms with Crippen molar-refractivity contribution in [2.45, 2.75) is 0 Å². The van der Waals surface area contributed by atoms with Crippen LogP contribution in [0.4, 0.5) is 5.82 Å². The first-order valence-corrected chi connectivity index (χ1v) is 5.42. The molecule has 0 radical (unpaired) electrons. The van der Waals surface area contributed by atoms with Gasteiger partial charge in [-0.05, 0) is 24.3 Å². The van der Waals surface area contributed by atoms with Gasteiger partial charge < -0.3 is 10.5 Å². The van der Waals surface area contributed by atoms with Crippen LogP contribution in [0.2, 0.25) is 0 Å². The van der Waals surface area contributed by atoms with Gasteiger partial charge in [-0.3, -0.25) is 0 Å². The lowest BCUT2D eigenvalue weighted by Crippen LogP contribution is -1.95. The number of rotatable bonds is 2. The normalized spacial score (nSPS) is 10.1. The van der Waals surface area contributed by atoms with Crippen molar-refractivity contribution in [1.82, 2.24) is 9.97 Å². The summed E-state index contributed by atoms with van der Waals surface area (Å²) >= 11 is 3.44. The van der Waals surface area contributed by atoms with Crippen LogP contribution in [0, 0.1) is 0 Å². The second-order valence-corrected chi connectivity index (χ2v) is 4.01. The molecule has 82 valence electrons. The fourth-order valence-electron chi connectivity index (χ4n) is 1.31. The fourth-order valence-corrected chi connectivity index (χ4v) is 1.73. The minimum Gasteiger partial charge on any atom is -0.497 e. The molecular formula is C11H10BrN3O. The van der Waals surface area contributed by atoms with Crippen LogP contribution in [0.1, 0.15) is 0 Å². The van der Waals surface area contributed by atoms with Crippen LogP contribution in [-0.4, -0.2) is 17.1 Å². The van der Waals surface area contributed by atoms with Crippen LogP contribution >= 0.6 is 15.9 Å². The molecule has 0 bridgehead atoms. The van der Waals surface area contributed by atoms with Gasteiger partial charge in [0.2, 0.25) is 0 Å². The Morgan fingerprint density at radius 1 is 1.31 bits per heavy atom. The molecule has 0 spiro atoms. The third-order valence-corrected chi connectivity index (χ3v) is 2.78. The van der Waals surface area contributed by atoms with Gasteiger partial charge in [0, 0.05) is 16.2 Å². The summed E-state index contributed by atoms with van der Waals surface area (Å²) in [6.07, 6.45) is 1.63. The summed E-state index contributed by atoms with van der Waals surface area (Å²) < 4.78 is 6.06. The van der Waals surface area contributed by atoms with Gasteiger partial charge >= 0.3 is 0 Å². The van der Waals surface area contributed by atoms with Crippen LogP contribution in [0.5, 0.6) is 5.75 Å². The minimum absolute atomic E-state index is 0.444. The molecule has 1 heterocycles. The van der Waals surface area contributed by atoms with Gasteiger partial charge in [0.25, 0.3) is 0 Å². The van der Waals surface area contributed by atoms with Crippen molar-refractivity contribution in [2.75, 3.05) is 12.8 Å². The van der Waals surface area contributed by atoms with Crippen molar-refractivity contribution in [3.63, 3.8) is 0 Å². The van der Waals surface area contributed by atoms with Gasteiger partial charge in [-0.2, -0.15) is 0 Å². The predicted molar refractivity (Wildman–Crippen MR) is 66.1 cm³/mol. The number of ether oxygens (including phenoxy) is 1. The largest absolute Gasteiger partial charge is 0.497 e. The summed E-state index contributed by atoms with van der Waals surface area (Å²) in [5, 5.41) is 0. The maximum Gasteiger partial charge on any atom is 0.162 e. The first-order valence-electron chi connectivity index (χ1n) is 4.63. The molecule has 0 saturated carbocycles. The number of methoxy groups -OCH3 is 1. The number of halogens is 1. The summed E-state index contributed by atoms with van der Waals surface area (Å²) in [5.74, 6) is 1.77. The van der Waals surface area contributed by atoms with E-state index in [1.165, 1.54) is 0 Å². The van der Waals surface area contributed by atoms with E-state index >= 15 is 0 Å². The van der Waals surface area contributed by atoms with Crippen molar-refractivity contribution < 1.29 is 4.74 Å². The highest BCUT2D eigenvalue weighted by atomic mass is 79.9. The lowest BCUT2D eigenvalue weighted by Gasteiger charge is -2.06. The average molecular weight is 280 g/mol. The van der Waals surface area contributed by atoms with E-state index in [1.807, 2.05) is 18.2 Å². The van der Waals surface area contributed by atoms with Crippen LogP contribution in [0.25, 0.3) is 11.4 Å². The Morgan fingerprint density at radius 2 is 2.12 bits per heavy atom. The average Bonchev–Trinajstić information content (AvgIpc) is 2.30. The summed E-state index contributed by atoms with van der Waals surface area (Å²) in [7, 11) is 1.62. The first kappa shape index (κ1) is 10.9. The van der Waals surface area contributed by atoms with E-state index in [2.05, 4.69) is 25.9 Å². The zero-order valence-corrected chi connectivity index (χ0v) is 10.2. The standard InChI is InChI=1S/C11H10BrN3O/c1-16-7-2-3-9(12)8(6-7)11-14-5-4-10(13)15-11/h2-6H,1H3,(H2,13,14,15). The monoisotopic (exact) mass is 279 g/mol. The number of nitrogen functional groups attached to an aromatic ring is 1.